The Morgan fingerprint density at radius 2 is 1.46 bits per heavy atom. The van der Waals surface area contributed by atoms with Crippen molar-refractivity contribution in [1.82, 2.24) is 25.9 Å². The topological polar surface area (TPSA) is 200 Å². The van der Waals surface area contributed by atoms with Crippen molar-refractivity contribution in [1.29, 1.82) is 0 Å². The van der Waals surface area contributed by atoms with Crippen LogP contribution >= 0.6 is 0 Å². The Morgan fingerprint density at radius 1 is 0.829 bits per heavy atom. The predicted molar refractivity (Wildman–Crippen MR) is 150 cm³/mol. The molecule has 0 bridgehead atoms. The van der Waals surface area contributed by atoms with Crippen LogP contribution in [-0.2, 0) is 38.4 Å². The lowest BCUT2D eigenvalue weighted by Gasteiger charge is -2.27. The summed E-state index contributed by atoms with van der Waals surface area (Å²) in [6.07, 6.45) is 3.14. The largest absolute Gasteiger partial charge is 0.508 e. The predicted octanol–water partition coefficient (Wildman–Crippen LogP) is 0.666. The van der Waals surface area contributed by atoms with Crippen LogP contribution in [0.25, 0.3) is 0 Å². The highest BCUT2D eigenvalue weighted by molar-refractivity contribution is 5.94. The van der Waals surface area contributed by atoms with Crippen molar-refractivity contribution in [3.05, 3.63) is 83.9 Å². The lowest BCUT2D eigenvalue weighted by atomic mass is 10.00. The average Bonchev–Trinajstić information content (AvgIpc) is 3.45. The third-order valence-corrected chi connectivity index (χ3v) is 6.48. The van der Waals surface area contributed by atoms with Crippen molar-refractivity contribution in [2.45, 2.75) is 57.3 Å². The number of carbonyl (C=O) groups excluding carboxylic acids is 3. The molecule has 0 saturated carbocycles. The van der Waals surface area contributed by atoms with E-state index >= 15 is 0 Å². The molecule has 0 aliphatic carbocycles. The van der Waals surface area contributed by atoms with E-state index < -0.39 is 47.9 Å². The first-order valence-electron chi connectivity index (χ1n) is 13.2. The van der Waals surface area contributed by atoms with Crippen LogP contribution in [0.5, 0.6) is 5.75 Å². The quantitative estimate of drug-likeness (QED) is 0.148. The Hall–Kier alpha value is -4.71. The van der Waals surface area contributed by atoms with Crippen molar-refractivity contribution in [3.8, 4) is 5.75 Å². The highest BCUT2D eigenvalue weighted by Crippen LogP contribution is 2.12. The molecule has 12 nitrogen and oxygen atoms in total. The van der Waals surface area contributed by atoms with Gasteiger partial charge < -0.3 is 36.9 Å². The molecule has 0 saturated heterocycles. The fraction of sp³-hybridized carbons (Fsp3) is 0.345. The number of carboxylic acid groups (broad SMARTS) is 1. The number of phenolic OH excluding ortho intramolecular Hbond substituents is 1. The molecule has 1 aromatic heterocycles. The first-order valence-corrected chi connectivity index (χ1v) is 13.2. The van der Waals surface area contributed by atoms with E-state index in [1.807, 2.05) is 30.3 Å². The molecule has 3 amide bonds. The standard InChI is InChI=1S/C29H36N6O6/c1-17(2)25(35-26(37)22(30)12-18-6-4-3-5-7-18)28(39)33-23(14-20-15-31-16-32-20)27(38)34-24(29(40)41)13-19-8-10-21(36)11-9-19/h3-11,15-17,22-25,36H,12-14,30H2,1-2H3,(H,31,32)(H,33,39)(H,34,38)(H,35,37)(H,40,41). The molecule has 4 atom stereocenters. The molecule has 0 fully saturated rings. The second-order valence-corrected chi connectivity index (χ2v) is 10.1. The van der Waals surface area contributed by atoms with Crippen LogP contribution < -0.4 is 21.7 Å². The Labute approximate surface area is 237 Å². The number of hydrogen-bond donors (Lipinski definition) is 7. The summed E-state index contributed by atoms with van der Waals surface area (Å²) in [6, 6.07) is 10.8. The number of imidazole rings is 1. The maximum atomic E-state index is 13.4. The SMILES string of the molecule is CC(C)C(NC(=O)C(N)Cc1ccccc1)C(=O)NC(Cc1cnc[nH]1)C(=O)NC(Cc1ccc(O)cc1)C(=O)O. The zero-order chi connectivity index (χ0) is 29.9. The number of amides is 3. The zero-order valence-corrected chi connectivity index (χ0v) is 22.9. The van der Waals surface area contributed by atoms with Crippen molar-refractivity contribution in [3.63, 3.8) is 0 Å². The summed E-state index contributed by atoms with van der Waals surface area (Å²) < 4.78 is 0. The molecule has 41 heavy (non-hydrogen) atoms. The lowest BCUT2D eigenvalue weighted by Crippen LogP contribution is -2.59. The number of hydrogen-bond acceptors (Lipinski definition) is 7. The van der Waals surface area contributed by atoms with Crippen molar-refractivity contribution < 1.29 is 29.4 Å². The van der Waals surface area contributed by atoms with E-state index in [-0.39, 0.29) is 30.9 Å². The van der Waals surface area contributed by atoms with Gasteiger partial charge in [0.05, 0.1) is 12.4 Å². The summed E-state index contributed by atoms with van der Waals surface area (Å²) >= 11 is 0. The molecule has 4 unspecified atom stereocenters. The minimum absolute atomic E-state index is 0.00456. The van der Waals surface area contributed by atoms with Gasteiger partial charge in [-0.15, -0.1) is 0 Å². The van der Waals surface area contributed by atoms with Crippen LogP contribution in [0.2, 0.25) is 0 Å². The van der Waals surface area contributed by atoms with Crippen LogP contribution in [0.1, 0.15) is 30.7 Å². The molecule has 12 heteroatoms. The number of rotatable bonds is 14. The number of aromatic nitrogens is 2. The lowest BCUT2D eigenvalue weighted by molar-refractivity contribution is -0.142. The molecule has 0 aliphatic heterocycles. The van der Waals surface area contributed by atoms with Gasteiger partial charge in [0.2, 0.25) is 17.7 Å². The van der Waals surface area contributed by atoms with Crippen molar-refractivity contribution >= 4 is 23.7 Å². The third kappa shape index (κ3) is 9.46. The highest BCUT2D eigenvalue weighted by Gasteiger charge is 2.32. The summed E-state index contributed by atoms with van der Waals surface area (Å²) in [5.41, 5.74) is 8.09. The average molecular weight is 565 g/mol. The number of benzene rings is 2. The molecular formula is C29H36N6O6. The number of aromatic amines is 1. The van der Waals surface area contributed by atoms with E-state index in [2.05, 4.69) is 25.9 Å². The fourth-order valence-corrected chi connectivity index (χ4v) is 4.18. The van der Waals surface area contributed by atoms with Gasteiger partial charge in [-0.1, -0.05) is 56.3 Å². The maximum absolute atomic E-state index is 13.4. The molecule has 0 spiro atoms. The Balaban J connectivity index is 1.72. The maximum Gasteiger partial charge on any atom is 0.326 e. The number of aliphatic carboxylic acids is 1. The molecular weight excluding hydrogens is 528 g/mol. The molecule has 1 heterocycles. The monoisotopic (exact) mass is 564 g/mol. The van der Waals surface area contributed by atoms with Gasteiger partial charge >= 0.3 is 5.97 Å². The minimum atomic E-state index is -1.30. The first-order chi connectivity index (χ1) is 19.5. The van der Waals surface area contributed by atoms with Crippen molar-refractivity contribution in [2.24, 2.45) is 11.7 Å². The number of H-pyrrole nitrogens is 1. The Morgan fingerprint density at radius 3 is 2.05 bits per heavy atom. The summed E-state index contributed by atoms with van der Waals surface area (Å²) in [6.45, 7) is 3.49. The normalized spacial score (nSPS) is 14.0. The van der Waals surface area contributed by atoms with Gasteiger partial charge in [-0.3, -0.25) is 14.4 Å². The zero-order valence-electron chi connectivity index (χ0n) is 22.9. The van der Waals surface area contributed by atoms with E-state index in [4.69, 9.17) is 5.73 Å². The molecule has 0 radical (unpaired) electrons. The fourth-order valence-electron chi connectivity index (χ4n) is 4.18. The summed E-state index contributed by atoms with van der Waals surface area (Å²) in [5.74, 6) is -3.45. The van der Waals surface area contributed by atoms with E-state index in [1.54, 1.807) is 26.0 Å². The van der Waals surface area contributed by atoms with Gasteiger partial charge in [0.25, 0.3) is 0 Å². The Bertz CT molecular complexity index is 1300. The minimum Gasteiger partial charge on any atom is -0.508 e. The molecule has 0 aliphatic rings. The van der Waals surface area contributed by atoms with Gasteiger partial charge in [0, 0.05) is 24.7 Å². The number of nitrogens with two attached hydrogens (primary N) is 1. The van der Waals surface area contributed by atoms with E-state index in [0.29, 0.717) is 11.3 Å². The Kier molecular flexibility index (Phi) is 11.0. The second-order valence-electron chi connectivity index (χ2n) is 10.1. The van der Waals surface area contributed by atoms with Gasteiger partial charge in [-0.2, -0.15) is 0 Å². The summed E-state index contributed by atoms with van der Waals surface area (Å²) in [5, 5.41) is 27.1. The van der Waals surface area contributed by atoms with E-state index in [9.17, 15) is 29.4 Å². The molecule has 3 aromatic rings. The molecule has 218 valence electrons. The first kappa shape index (κ1) is 30.8. The summed E-state index contributed by atoms with van der Waals surface area (Å²) in [7, 11) is 0. The number of nitrogens with one attached hydrogen (secondary N) is 4. The van der Waals surface area contributed by atoms with Crippen LogP contribution in [0.4, 0.5) is 0 Å². The van der Waals surface area contributed by atoms with Crippen LogP contribution in [-0.4, -0.2) is 68.0 Å². The second kappa shape index (κ2) is 14.6. The third-order valence-electron chi connectivity index (χ3n) is 6.48. The van der Waals surface area contributed by atoms with Crippen LogP contribution in [0.15, 0.2) is 67.1 Å². The number of phenols is 1. The number of carbonyl (C=O) groups is 4. The highest BCUT2D eigenvalue weighted by atomic mass is 16.4. The van der Waals surface area contributed by atoms with Gasteiger partial charge in [0.15, 0.2) is 0 Å². The van der Waals surface area contributed by atoms with Gasteiger partial charge in [-0.05, 0) is 35.6 Å². The van der Waals surface area contributed by atoms with Gasteiger partial charge in [0.1, 0.15) is 23.9 Å². The van der Waals surface area contributed by atoms with E-state index in [0.717, 1.165) is 5.56 Å². The molecule has 2 aromatic carbocycles. The molecule has 3 rings (SSSR count). The molecule has 8 N–H and O–H groups in total. The van der Waals surface area contributed by atoms with Gasteiger partial charge in [-0.25, -0.2) is 9.78 Å². The van der Waals surface area contributed by atoms with Crippen molar-refractivity contribution in [2.75, 3.05) is 0 Å². The van der Waals surface area contributed by atoms with Crippen LogP contribution in [0.3, 0.4) is 0 Å². The summed E-state index contributed by atoms with van der Waals surface area (Å²) in [4.78, 5) is 58.3. The van der Waals surface area contributed by atoms with E-state index in [1.165, 1.54) is 24.7 Å². The van der Waals surface area contributed by atoms with Crippen LogP contribution in [0, 0.1) is 5.92 Å². The number of carboxylic acids is 1. The number of nitrogens with zero attached hydrogens (tertiary/aromatic N) is 1. The smallest absolute Gasteiger partial charge is 0.326 e. The number of aromatic hydroxyl groups is 1.